The Labute approximate surface area is 139 Å². The van der Waals surface area contributed by atoms with E-state index in [0.717, 1.165) is 26.2 Å². The Morgan fingerprint density at radius 3 is 2.25 bits per heavy atom. The Bertz CT molecular complexity index is 572. The maximum absolute atomic E-state index is 12.6. The van der Waals surface area contributed by atoms with Crippen LogP contribution in [0.2, 0.25) is 0 Å². The van der Waals surface area contributed by atoms with Gasteiger partial charge >= 0.3 is 11.9 Å². The highest BCUT2D eigenvalue weighted by atomic mass is 16.4. The second kappa shape index (κ2) is 6.48. The Balaban J connectivity index is 2.31. The number of aliphatic carboxylic acids is 2. The minimum atomic E-state index is -1.54. The maximum Gasteiger partial charge on any atom is 0.359 e. The van der Waals surface area contributed by atoms with Gasteiger partial charge in [-0.1, -0.05) is 0 Å². The average molecular weight is 342 g/mol. The van der Waals surface area contributed by atoms with E-state index in [0.29, 0.717) is 18.0 Å². The molecule has 2 aliphatic heterocycles. The molecule has 2 heterocycles. The summed E-state index contributed by atoms with van der Waals surface area (Å²) in [5.74, 6) is -3.66. The summed E-state index contributed by atoms with van der Waals surface area (Å²) in [7, 11) is 0. The van der Waals surface area contributed by atoms with Crippen molar-refractivity contribution in [2.45, 2.75) is 44.2 Å². The van der Waals surface area contributed by atoms with Crippen LogP contribution in [0.4, 0.5) is 0 Å². The van der Waals surface area contributed by atoms with Crippen LogP contribution < -0.4 is 5.73 Å². The van der Waals surface area contributed by atoms with E-state index in [9.17, 15) is 29.4 Å². The van der Waals surface area contributed by atoms with Crippen LogP contribution in [0, 0.1) is 0 Å². The van der Waals surface area contributed by atoms with Crippen LogP contribution in [-0.2, 0) is 19.2 Å². The molecule has 2 unspecified atom stereocenters. The molecule has 2 atom stereocenters. The van der Waals surface area contributed by atoms with E-state index >= 15 is 0 Å². The lowest BCUT2D eigenvalue weighted by atomic mass is 9.92. The standard InChI is InChI=1S/C15H23N3O6/c1-10(19)17-11(13(22)23)7-15(16,14(17)24)9-18(8-12(20)21)5-3-2-4-6-18/h11H,2-9,16H2,1H3,(H-,20,21,22,23)/p+1. The number of nitrogens with zero attached hydrogens (tertiary/aromatic N) is 2. The number of piperidine rings is 1. The fourth-order valence-corrected chi connectivity index (χ4v) is 4.04. The van der Waals surface area contributed by atoms with Gasteiger partial charge in [-0.25, -0.2) is 9.59 Å². The van der Waals surface area contributed by atoms with Crippen molar-refractivity contribution in [1.82, 2.24) is 4.90 Å². The molecule has 2 amide bonds. The number of amides is 2. The van der Waals surface area contributed by atoms with Gasteiger partial charge in [0.1, 0.15) is 18.1 Å². The van der Waals surface area contributed by atoms with E-state index in [4.69, 9.17) is 5.73 Å². The highest BCUT2D eigenvalue weighted by molar-refractivity contribution is 6.05. The van der Waals surface area contributed by atoms with Crippen LogP contribution in [0.15, 0.2) is 0 Å². The number of carboxylic acids is 2. The molecular formula is C15H24N3O6+. The van der Waals surface area contributed by atoms with Crippen LogP contribution in [0.25, 0.3) is 0 Å². The summed E-state index contributed by atoms with van der Waals surface area (Å²) in [6.45, 7) is 2.16. The second-order valence-corrected chi connectivity index (χ2v) is 6.97. The predicted molar refractivity (Wildman–Crippen MR) is 81.7 cm³/mol. The third-order valence-electron chi connectivity index (χ3n) is 4.99. The molecule has 2 fully saturated rings. The molecule has 0 aromatic rings. The summed E-state index contributed by atoms with van der Waals surface area (Å²) in [5.41, 5.74) is 4.70. The van der Waals surface area contributed by atoms with Gasteiger partial charge in [-0.05, 0) is 19.3 Å². The second-order valence-electron chi connectivity index (χ2n) is 6.97. The molecule has 9 nitrogen and oxygen atoms in total. The van der Waals surface area contributed by atoms with Crippen molar-refractivity contribution in [3.8, 4) is 0 Å². The van der Waals surface area contributed by atoms with Crippen molar-refractivity contribution in [3.63, 3.8) is 0 Å². The van der Waals surface area contributed by atoms with Crippen molar-refractivity contribution in [3.05, 3.63) is 0 Å². The zero-order valence-corrected chi connectivity index (χ0v) is 13.7. The van der Waals surface area contributed by atoms with Crippen LogP contribution in [0.1, 0.15) is 32.6 Å². The first-order valence-corrected chi connectivity index (χ1v) is 8.03. The molecule has 0 bridgehead atoms. The Hall–Kier alpha value is -2.00. The molecule has 134 valence electrons. The van der Waals surface area contributed by atoms with E-state index in [1.807, 2.05) is 0 Å². The minimum Gasteiger partial charge on any atom is -0.480 e. The van der Waals surface area contributed by atoms with Crippen molar-refractivity contribution in [1.29, 1.82) is 0 Å². The summed E-state index contributed by atoms with van der Waals surface area (Å²) in [5, 5.41) is 18.5. The molecule has 0 saturated carbocycles. The third kappa shape index (κ3) is 3.41. The van der Waals surface area contributed by atoms with E-state index in [1.54, 1.807) is 0 Å². The van der Waals surface area contributed by atoms with Crippen molar-refractivity contribution >= 4 is 23.8 Å². The fourth-order valence-electron chi connectivity index (χ4n) is 4.04. The van der Waals surface area contributed by atoms with E-state index in [2.05, 4.69) is 0 Å². The van der Waals surface area contributed by atoms with Crippen LogP contribution in [0.5, 0.6) is 0 Å². The summed E-state index contributed by atoms with van der Waals surface area (Å²) >= 11 is 0. The van der Waals surface area contributed by atoms with Crippen molar-refractivity contribution in [2.24, 2.45) is 5.73 Å². The molecule has 24 heavy (non-hydrogen) atoms. The van der Waals surface area contributed by atoms with E-state index < -0.39 is 35.3 Å². The van der Waals surface area contributed by atoms with Gasteiger partial charge in [0.2, 0.25) is 5.91 Å². The van der Waals surface area contributed by atoms with E-state index in [1.165, 1.54) is 0 Å². The highest BCUT2D eigenvalue weighted by Crippen LogP contribution is 2.32. The molecule has 0 spiro atoms. The summed E-state index contributed by atoms with van der Waals surface area (Å²) in [6.07, 6.45) is 2.45. The highest BCUT2D eigenvalue weighted by Gasteiger charge is 2.57. The molecular weight excluding hydrogens is 318 g/mol. The number of carboxylic acid groups (broad SMARTS) is 2. The van der Waals surface area contributed by atoms with Gasteiger partial charge in [-0.2, -0.15) is 0 Å². The Morgan fingerprint density at radius 1 is 1.25 bits per heavy atom. The topological polar surface area (TPSA) is 138 Å². The number of quaternary nitrogens is 1. The molecule has 0 aromatic carbocycles. The number of imide groups is 1. The number of rotatable bonds is 5. The molecule has 9 heteroatoms. The lowest BCUT2D eigenvalue weighted by Gasteiger charge is -2.43. The van der Waals surface area contributed by atoms with Gasteiger partial charge < -0.3 is 20.4 Å². The molecule has 0 radical (unpaired) electrons. The fraction of sp³-hybridized carbons (Fsp3) is 0.733. The van der Waals surface area contributed by atoms with Crippen molar-refractivity contribution in [2.75, 3.05) is 26.2 Å². The van der Waals surface area contributed by atoms with Gasteiger partial charge in [-0.15, -0.1) is 0 Å². The summed E-state index contributed by atoms with van der Waals surface area (Å²) in [4.78, 5) is 47.7. The number of nitrogens with two attached hydrogens (primary N) is 1. The Morgan fingerprint density at radius 2 is 1.83 bits per heavy atom. The van der Waals surface area contributed by atoms with Gasteiger partial charge in [0, 0.05) is 13.3 Å². The Kier molecular flexibility index (Phi) is 4.95. The van der Waals surface area contributed by atoms with Crippen LogP contribution >= 0.6 is 0 Å². The maximum atomic E-state index is 12.6. The zero-order chi connectivity index (χ0) is 18.1. The first-order chi connectivity index (χ1) is 11.1. The molecule has 4 N–H and O–H groups in total. The van der Waals surface area contributed by atoms with Gasteiger partial charge in [-0.3, -0.25) is 14.5 Å². The molecule has 2 saturated heterocycles. The van der Waals surface area contributed by atoms with Gasteiger partial charge in [0.05, 0.1) is 13.1 Å². The number of likely N-dealkylation sites (tertiary alicyclic amines) is 2. The first-order valence-electron chi connectivity index (χ1n) is 8.03. The largest absolute Gasteiger partial charge is 0.480 e. The lowest BCUT2D eigenvalue weighted by Crippen LogP contribution is -2.65. The van der Waals surface area contributed by atoms with Gasteiger partial charge in [0.25, 0.3) is 5.91 Å². The normalized spacial score (nSPS) is 29.5. The van der Waals surface area contributed by atoms with E-state index in [-0.39, 0.29) is 24.0 Å². The summed E-state index contributed by atoms with van der Waals surface area (Å²) < 4.78 is 0.148. The number of carbonyl (C=O) groups is 4. The first kappa shape index (κ1) is 18.3. The van der Waals surface area contributed by atoms with Crippen molar-refractivity contribution < 1.29 is 33.9 Å². The van der Waals surface area contributed by atoms with Crippen LogP contribution in [-0.4, -0.2) is 81.1 Å². The smallest absolute Gasteiger partial charge is 0.359 e. The van der Waals surface area contributed by atoms with Crippen LogP contribution in [0.3, 0.4) is 0 Å². The average Bonchev–Trinajstić information content (AvgIpc) is 2.71. The number of carbonyl (C=O) groups excluding carboxylic acids is 2. The lowest BCUT2D eigenvalue weighted by molar-refractivity contribution is -0.927. The quantitative estimate of drug-likeness (QED) is 0.545. The predicted octanol–water partition coefficient (Wildman–Crippen LogP) is -0.999. The molecule has 2 rings (SSSR count). The molecule has 2 aliphatic rings. The minimum absolute atomic E-state index is 0.0334. The zero-order valence-electron chi connectivity index (χ0n) is 13.7. The monoisotopic (exact) mass is 342 g/mol. The summed E-state index contributed by atoms with van der Waals surface area (Å²) in [6, 6.07) is -1.30. The SMILES string of the molecule is CC(=O)N1C(=O)C(N)(C[N+]2(CC(=O)O)CCCCC2)CC1C(=O)O. The molecule has 0 aliphatic carbocycles. The van der Waals surface area contributed by atoms with Gasteiger partial charge in [0.15, 0.2) is 6.54 Å². The number of hydrogen-bond donors (Lipinski definition) is 3. The third-order valence-corrected chi connectivity index (χ3v) is 4.99. The number of hydrogen-bond acceptors (Lipinski definition) is 5. The molecule has 0 aromatic heterocycles.